The summed E-state index contributed by atoms with van der Waals surface area (Å²) >= 11 is 0. The van der Waals surface area contributed by atoms with Crippen LogP contribution >= 0.6 is 0 Å². The predicted molar refractivity (Wildman–Crippen MR) is 121 cm³/mol. The van der Waals surface area contributed by atoms with Crippen molar-refractivity contribution in [1.82, 2.24) is 14.4 Å². The largest absolute Gasteiger partial charge is 0.461 e. The second-order valence-corrected chi connectivity index (χ2v) is 8.83. The van der Waals surface area contributed by atoms with Crippen molar-refractivity contribution in [3.05, 3.63) is 22.5 Å². The number of ketones is 1. The minimum absolute atomic E-state index is 0.0144. The van der Waals surface area contributed by atoms with Crippen LogP contribution in [0.4, 0.5) is 0 Å². The summed E-state index contributed by atoms with van der Waals surface area (Å²) in [6.45, 7) is 10.0. The van der Waals surface area contributed by atoms with Gasteiger partial charge in [0.05, 0.1) is 26.4 Å². The first-order chi connectivity index (χ1) is 15.3. The smallest absolute Gasteiger partial charge is 0.355 e. The Kier molecular flexibility index (Phi) is 8.48. The van der Waals surface area contributed by atoms with E-state index in [0.29, 0.717) is 36.6 Å². The van der Waals surface area contributed by atoms with Crippen molar-refractivity contribution in [2.75, 3.05) is 52.5 Å². The molecule has 0 N–H and O–H groups in total. The van der Waals surface area contributed by atoms with Crippen molar-refractivity contribution >= 4 is 17.7 Å². The van der Waals surface area contributed by atoms with Crippen molar-refractivity contribution in [2.24, 2.45) is 13.0 Å². The fourth-order valence-corrected chi connectivity index (χ4v) is 4.91. The molecule has 1 aliphatic carbocycles. The second kappa shape index (κ2) is 11.1. The number of carbonyl (C=O) groups excluding carboxylic acids is 3. The molecule has 178 valence electrons. The summed E-state index contributed by atoms with van der Waals surface area (Å²) in [5.74, 6) is -0.457. The molecule has 1 amide bonds. The number of aromatic nitrogens is 1. The number of rotatable bonds is 9. The lowest BCUT2D eigenvalue weighted by Crippen LogP contribution is -2.46. The van der Waals surface area contributed by atoms with Crippen LogP contribution in [-0.4, -0.2) is 84.6 Å². The third-order valence-corrected chi connectivity index (χ3v) is 6.82. The molecule has 2 heterocycles. The Hall–Kier alpha value is -2.19. The molecule has 2 aliphatic rings. The Morgan fingerprint density at radius 2 is 1.78 bits per heavy atom. The predicted octanol–water partition coefficient (Wildman–Crippen LogP) is 2.35. The number of ether oxygens (including phenoxy) is 2. The normalized spacial score (nSPS) is 17.5. The molecule has 0 radical (unpaired) electrons. The molecule has 0 aromatic carbocycles. The Bertz CT molecular complexity index is 835. The quantitative estimate of drug-likeness (QED) is 0.427. The van der Waals surface area contributed by atoms with Gasteiger partial charge in [-0.2, -0.15) is 0 Å². The molecule has 0 bridgehead atoms. The van der Waals surface area contributed by atoms with Crippen molar-refractivity contribution in [1.29, 1.82) is 0 Å². The summed E-state index contributed by atoms with van der Waals surface area (Å²) in [5, 5.41) is 0. The molecule has 8 nitrogen and oxygen atoms in total. The zero-order chi connectivity index (χ0) is 23.3. The van der Waals surface area contributed by atoms with Gasteiger partial charge in [0.15, 0.2) is 5.78 Å². The van der Waals surface area contributed by atoms with E-state index in [0.717, 1.165) is 51.0 Å². The molecule has 1 aliphatic heterocycles. The molecule has 32 heavy (non-hydrogen) atoms. The fraction of sp³-hybridized carbons (Fsp3) is 0.708. The van der Waals surface area contributed by atoms with E-state index in [4.69, 9.17) is 9.47 Å². The molecule has 0 unspecified atom stereocenters. The van der Waals surface area contributed by atoms with E-state index in [2.05, 4.69) is 4.90 Å². The summed E-state index contributed by atoms with van der Waals surface area (Å²) in [6.07, 6.45) is 3.94. The Morgan fingerprint density at radius 3 is 2.41 bits per heavy atom. The number of Topliss-reactive ketones (excluding diaryl/α,β-unsaturated/α-hetero) is 1. The van der Waals surface area contributed by atoms with E-state index in [1.165, 1.54) is 0 Å². The average molecular weight is 448 g/mol. The van der Waals surface area contributed by atoms with E-state index >= 15 is 0 Å². The molecular formula is C24H37N3O5. The number of morpholine rings is 1. The minimum atomic E-state index is -0.430. The molecule has 8 heteroatoms. The fourth-order valence-electron chi connectivity index (χ4n) is 4.91. The van der Waals surface area contributed by atoms with Crippen molar-refractivity contribution < 1.29 is 23.9 Å². The monoisotopic (exact) mass is 447 g/mol. The van der Waals surface area contributed by atoms with Crippen LogP contribution in [0.1, 0.15) is 64.7 Å². The van der Waals surface area contributed by atoms with Crippen LogP contribution in [0.2, 0.25) is 0 Å². The van der Waals surface area contributed by atoms with Gasteiger partial charge in [0.2, 0.25) is 5.91 Å². The van der Waals surface area contributed by atoms with Crippen LogP contribution < -0.4 is 0 Å². The first-order valence-corrected chi connectivity index (χ1v) is 11.8. The molecular weight excluding hydrogens is 410 g/mol. The van der Waals surface area contributed by atoms with Gasteiger partial charge in [0.1, 0.15) is 5.69 Å². The Morgan fingerprint density at radius 1 is 1.12 bits per heavy atom. The second-order valence-electron chi connectivity index (χ2n) is 8.83. The maximum Gasteiger partial charge on any atom is 0.355 e. The summed E-state index contributed by atoms with van der Waals surface area (Å²) in [4.78, 5) is 43.1. The summed E-state index contributed by atoms with van der Waals surface area (Å²) < 4.78 is 12.3. The first kappa shape index (κ1) is 24.5. The van der Waals surface area contributed by atoms with E-state index in [1.807, 2.05) is 6.92 Å². The Labute approximate surface area is 190 Å². The number of nitrogens with zero attached hydrogens (tertiary/aromatic N) is 3. The Balaban J connectivity index is 1.78. The van der Waals surface area contributed by atoms with E-state index < -0.39 is 5.97 Å². The van der Waals surface area contributed by atoms with Gasteiger partial charge >= 0.3 is 5.97 Å². The van der Waals surface area contributed by atoms with Crippen LogP contribution in [0.3, 0.4) is 0 Å². The van der Waals surface area contributed by atoms with E-state index in [-0.39, 0.29) is 30.8 Å². The lowest BCUT2D eigenvalue weighted by Gasteiger charge is -2.31. The third kappa shape index (κ3) is 5.41. The van der Waals surface area contributed by atoms with Gasteiger partial charge < -0.3 is 18.9 Å². The van der Waals surface area contributed by atoms with Gasteiger partial charge in [-0.15, -0.1) is 0 Å². The minimum Gasteiger partial charge on any atom is -0.461 e. The number of amides is 1. The van der Waals surface area contributed by atoms with Crippen molar-refractivity contribution in [2.45, 2.75) is 46.5 Å². The molecule has 0 atom stereocenters. The van der Waals surface area contributed by atoms with Crippen molar-refractivity contribution in [3.8, 4) is 0 Å². The van der Waals surface area contributed by atoms with Crippen LogP contribution in [0.5, 0.6) is 0 Å². The molecule has 1 saturated carbocycles. The van der Waals surface area contributed by atoms with Gasteiger partial charge in [-0.3, -0.25) is 14.5 Å². The highest BCUT2D eigenvalue weighted by Gasteiger charge is 2.31. The maximum atomic E-state index is 13.4. The molecule has 2 fully saturated rings. The number of hydrogen-bond donors (Lipinski definition) is 0. The topological polar surface area (TPSA) is 81.1 Å². The number of esters is 1. The maximum absolute atomic E-state index is 13.4. The number of carbonyl (C=O) groups is 3. The standard InChI is InChI=1S/C24H37N3O5/c1-5-32-24(30)22-17(2)21(18(3)25(22)4)20(28)16-27(23(29)19-8-6-7-9-19)11-10-26-12-14-31-15-13-26/h19H,5-16H2,1-4H3. The van der Waals surface area contributed by atoms with Gasteiger partial charge in [-0.1, -0.05) is 12.8 Å². The highest BCUT2D eigenvalue weighted by atomic mass is 16.5. The highest BCUT2D eigenvalue weighted by molar-refractivity contribution is 6.04. The van der Waals surface area contributed by atoms with Crippen LogP contribution in [0.15, 0.2) is 0 Å². The van der Waals surface area contributed by atoms with E-state index in [9.17, 15) is 14.4 Å². The van der Waals surface area contributed by atoms with E-state index in [1.54, 1.807) is 30.4 Å². The molecule has 1 saturated heterocycles. The highest BCUT2D eigenvalue weighted by Crippen LogP contribution is 2.27. The van der Waals surface area contributed by atoms with Crippen LogP contribution in [0, 0.1) is 19.8 Å². The summed E-state index contributed by atoms with van der Waals surface area (Å²) in [5.41, 5.74) is 2.26. The van der Waals surface area contributed by atoms with Gasteiger partial charge in [-0.25, -0.2) is 4.79 Å². The van der Waals surface area contributed by atoms with Crippen molar-refractivity contribution in [3.63, 3.8) is 0 Å². The summed E-state index contributed by atoms with van der Waals surface area (Å²) in [7, 11) is 1.77. The lowest BCUT2D eigenvalue weighted by atomic mass is 10.0. The molecule has 1 aromatic heterocycles. The van der Waals surface area contributed by atoms with Gasteiger partial charge in [0.25, 0.3) is 0 Å². The van der Waals surface area contributed by atoms with Gasteiger partial charge in [-0.05, 0) is 39.2 Å². The summed E-state index contributed by atoms with van der Waals surface area (Å²) in [6, 6.07) is 0. The molecule has 1 aromatic rings. The third-order valence-electron chi connectivity index (χ3n) is 6.82. The molecule has 3 rings (SSSR count). The zero-order valence-corrected chi connectivity index (χ0v) is 19.9. The van der Waals surface area contributed by atoms with Gasteiger partial charge in [0, 0.05) is 50.4 Å². The van der Waals surface area contributed by atoms with Crippen LogP contribution in [-0.2, 0) is 21.3 Å². The zero-order valence-electron chi connectivity index (χ0n) is 19.9. The number of hydrogen-bond acceptors (Lipinski definition) is 6. The molecule has 0 spiro atoms. The SMILES string of the molecule is CCOC(=O)c1c(C)c(C(=O)CN(CCN2CCOCC2)C(=O)C2CCCC2)c(C)n1C. The average Bonchev–Trinajstić information content (AvgIpc) is 3.39. The first-order valence-electron chi connectivity index (χ1n) is 11.8. The lowest BCUT2D eigenvalue weighted by molar-refractivity contribution is -0.135. The van der Waals surface area contributed by atoms with Crippen LogP contribution in [0.25, 0.3) is 0 Å².